The van der Waals surface area contributed by atoms with Crippen LogP contribution < -0.4 is 5.32 Å². The van der Waals surface area contributed by atoms with Gasteiger partial charge in [-0.1, -0.05) is 0 Å². The molecular weight excluding hydrogens is 312 g/mol. The monoisotopic (exact) mass is 330 g/mol. The number of rotatable bonds is 5. The highest BCUT2D eigenvalue weighted by molar-refractivity contribution is 7.89. The number of thiol groups is 1. The van der Waals surface area contributed by atoms with Gasteiger partial charge in [-0.3, -0.25) is 4.79 Å². The predicted octanol–water partition coefficient (Wildman–Crippen LogP) is 0.966. The molecule has 6 nitrogen and oxygen atoms in total. The van der Waals surface area contributed by atoms with Gasteiger partial charge in [-0.2, -0.15) is 16.9 Å². The summed E-state index contributed by atoms with van der Waals surface area (Å²) < 4.78 is 31.4. The summed E-state index contributed by atoms with van der Waals surface area (Å²) in [6.07, 6.45) is 0.316. The van der Waals surface area contributed by atoms with Gasteiger partial charge in [-0.25, -0.2) is 8.42 Å². The largest absolute Gasteiger partial charge is 0.379 e. The van der Waals surface area contributed by atoms with Gasteiger partial charge in [-0.15, -0.1) is 0 Å². The second kappa shape index (κ2) is 7.26. The summed E-state index contributed by atoms with van der Waals surface area (Å²) in [4.78, 5) is 11.7. The van der Waals surface area contributed by atoms with Gasteiger partial charge in [0.15, 0.2) is 0 Å². The molecule has 1 aromatic rings. The molecule has 1 aromatic carbocycles. The topological polar surface area (TPSA) is 75.7 Å². The lowest BCUT2D eigenvalue weighted by molar-refractivity contribution is -0.115. The van der Waals surface area contributed by atoms with E-state index in [4.69, 9.17) is 4.74 Å². The van der Waals surface area contributed by atoms with Crippen molar-refractivity contribution in [3.63, 3.8) is 0 Å². The molecule has 0 atom stereocenters. The van der Waals surface area contributed by atoms with Crippen LogP contribution in [0.3, 0.4) is 0 Å². The van der Waals surface area contributed by atoms with Crippen LogP contribution in [0.15, 0.2) is 29.2 Å². The van der Waals surface area contributed by atoms with Gasteiger partial charge >= 0.3 is 0 Å². The van der Waals surface area contributed by atoms with Crippen LogP contribution in [-0.2, 0) is 19.6 Å². The maximum atomic E-state index is 12.4. The molecule has 0 unspecified atom stereocenters. The van der Waals surface area contributed by atoms with Crippen LogP contribution in [0.25, 0.3) is 0 Å². The quantitative estimate of drug-likeness (QED) is 0.789. The molecule has 116 valence electrons. The molecule has 0 radical (unpaired) electrons. The average Bonchev–Trinajstić information content (AvgIpc) is 2.49. The Balaban J connectivity index is 2.09. The number of ether oxygens (including phenoxy) is 1. The molecule has 1 heterocycles. The van der Waals surface area contributed by atoms with Crippen LogP contribution in [0.4, 0.5) is 5.69 Å². The van der Waals surface area contributed by atoms with E-state index in [1.54, 1.807) is 12.1 Å². The number of carbonyl (C=O) groups is 1. The first kappa shape index (κ1) is 16.3. The zero-order chi connectivity index (χ0) is 15.3. The lowest BCUT2D eigenvalue weighted by Gasteiger charge is -2.26. The Bertz CT molecular complexity index is 581. The maximum absolute atomic E-state index is 12.4. The molecule has 21 heavy (non-hydrogen) atoms. The van der Waals surface area contributed by atoms with Crippen LogP contribution in [-0.4, -0.2) is 50.7 Å². The minimum Gasteiger partial charge on any atom is -0.379 e. The number of hydrogen-bond acceptors (Lipinski definition) is 5. The van der Waals surface area contributed by atoms with Gasteiger partial charge in [0.1, 0.15) is 0 Å². The van der Waals surface area contributed by atoms with Crippen LogP contribution in [0.5, 0.6) is 0 Å². The number of carbonyl (C=O) groups excluding carboxylic acids is 1. The van der Waals surface area contributed by atoms with Gasteiger partial charge in [-0.05, 0) is 30.0 Å². The number of hydrogen-bond donors (Lipinski definition) is 2. The number of benzene rings is 1. The molecule has 0 spiro atoms. The van der Waals surface area contributed by atoms with E-state index in [9.17, 15) is 13.2 Å². The van der Waals surface area contributed by atoms with Crippen molar-refractivity contribution in [1.29, 1.82) is 0 Å². The van der Waals surface area contributed by atoms with Crippen LogP contribution >= 0.6 is 12.6 Å². The number of nitrogens with one attached hydrogen (secondary N) is 1. The number of anilines is 1. The van der Waals surface area contributed by atoms with E-state index in [1.165, 1.54) is 16.4 Å². The molecule has 1 aliphatic heterocycles. The number of amides is 1. The van der Waals surface area contributed by atoms with Crippen molar-refractivity contribution in [2.75, 3.05) is 37.4 Å². The van der Waals surface area contributed by atoms with Gasteiger partial charge in [0.05, 0.1) is 18.1 Å². The van der Waals surface area contributed by atoms with E-state index in [0.29, 0.717) is 44.2 Å². The first-order valence-corrected chi connectivity index (χ1v) is 8.70. The van der Waals surface area contributed by atoms with E-state index >= 15 is 0 Å². The second-order valence-electron chi connectivity index (χ2n) is 4.56. The Hall–Kier alpha value is -1.09. The Morgan fingerprint density at radius 1 is 1.24 bits per heavy atom. The summed E-state index contributed by atoms with van der Waals surface area (Å²) in [5, 5.41) is 2.68. The maximum Gasteiger partial charge on any atom is 0.243 e. The van der Waals surface area contributed by atoms with Crippen LogP contribution in [0.1, 0.15) is 6.42 Å². The van der Waals surface area contributed by atoms with E-state index in [-0.39, 0.29) is 10.8 Å². The molecule has 0 saturated carbocycles. The van der Waals surface area contributed by atoms with E-state index < -0.39 is 10.0 Å². The fourth-order valence-corrected chi connectivity index (χ4v) is 3.58. The molecule has 0 aliphatic carbocycles. The summed E-state index contributed by atoms with van der Waals surface area (Å²) >= 11 is 3.98. The Kier molecular flexibility index (Phi) is 5.63. The molecule has 0 aromatic heterocycles. The standard InChI is InChI=1S/C13H18N2O4S2/c16-13(5-10-20)14-11-1-3-12(4-2-11)21(17,18)15-6-8-19-9-7-15/h1-4,20H,5-10H2,(H,14,16). The number of morpholine rings is 1. The zero-order valence-corrected chi connectivity index (χ0v) is 13.2. The minimum absolute atomic E-state index is 0.145. The summed E-state index contributed by atoms with van der Waals surface area (Å²) in [5.74, 6) is 0.323. The van der Waals surface area contributed by atoms with E-state index in [2.05, 4.69) is 17.9 Å². The van der Waals surface area contributed by atoms with E-state index in [1.807, 2.05) is 0 Å². The summed E-state index contributed by atoms with van der Waals surface area (Å²) in [6, 6.07) is 6.18. The molecule has 2 rings (SSSR count). The molecule has 1 amide bonds. The Morgan fingerprint density at radius 3 is 2.43 bits per heavy atom. The third-order valence-corrected chi connectivity index (χ3v) is 5.22. The molecule has 0 bridgehead atoms. The van der Waals surface area contributed by atoms with Crippen molar-refractivity contribution in [1.82, 2.24) is 4.31 Å². The highest BCUT2D eigenvalue weighted by atomic mass is 32.2. The van der Waals surface area contributed by atoms with Crippen molar-refractivity contribution in [2.24, 2.45) is 0 Å². The van der Waals surface area contributed by atoms with Crippen molar-refractivity contribution in [3.8, 4) is 0 Å². The SMILES string of the molecule is O=C(CCS)Nc1ccc(S(=O)(=O)N2CCOCC2)cc1. The third kappa shape index (κ3) is 4.19. The molecule has 8 heteroatoms. The molecular formula is C13H18N2O4S2. The van der Waals surface area contributed by atoms with Crippen molar-refractivity contribution in [3.05, 3.63) is 24.3 Å². The van der Waals surface area contributed by atoms with Crippen molar-refractivity contribution >= 4 is 34.2 Å². The smallest absolute Gasteiger partial charge is 0.243 e. The fraction of sp³-hybridized carbons (Fsp3) is 0.462. The second-order valence-corrected chi connectivity index (χ2v) is 6.95. The first-order valence-electron chi connectivity index (χ1n) is 6.63. The predicted molar refractivity (Wildman–Crippen MR) is 83.1 cm³/mol. The third-order valence-electron chi connectivity index (χ3n) is 3.08. The molecule has 1 N–H and O–H groups in total. The lowest BCUT2D eigenvalue weighted by Crippen LogP contribution is -2.40. The van der Waals surface area contributed by atoms with E-state index in [0.717, 1.165) is 0 Å². The highest BCUT2D eigenvalue weighted by Crippen LogP contribution is 2.19. The normalized spacial score (nSPS) is 16.6. The lowest BCUT2D eigenvalue weighted by atomic mass is 10.3. The molecule has 1 fully saturated rings. The Morgan fingerprint density at radius 2 is 1.86 bits per heavy atom. The van der Waals surface area contributed by atoms with Gasteiger partial charge in [0.2, 0.25) is 15.9 Å². The highest BCUT2D eigenvalue weighted by Gasteiger charge is 2.26. The van der Waals surface area contributed by atoms with Crippen LogP contribution in [0, 0.1) is 0 Å². The molecule has 1 aliphatic rings. The zero-order valence-electron chi connectivity index (χ0n) is 11.5. The van der Waals surface area contributed by atoms with Crippen molar-refractivity contribution in [2.45, 2.75) is 11.3 Å². The Labute approximate surface area is 129 Å². The van der Waals surface area contributed by atoms with Gasteiger partial charge in [0, 0.05) is 25.2 Å². The molecule has 1 saturated heterocycles. The number of nitrogens with zero attached hydrogens (tertiary/aromatic N) is 1. The summed E-state index contributed by atoms with van der Waals surface area (Å²) in [6.45, 7) is 1.56. The summed E-state index contributed by atoms with van der Waals surface area (Å²) in [5.41, 5.74) is 0.572. The number of sulfonamides is 1. The van der Waals surface area contributed by atoms with Gasteiger partial charge < -0.3 is 10.1 Å². The fourth-order valence-electron chi connectivity index (χ4n) is 1.97. The van der Waals surface area contributed by atoms with Crippen LogP contribution in [0.2, 0.25) is 0 Å². The minimum atomic E-state index is -3.49. The van der Waals surface area contributed by atoms with Gasteiger partial charge in [0.25, 0.3) is 0 Å². The van der Waals surface area contributed by atoms with Crippen molar-refractivity contribution < 1.29 is 17.9 Å². The average molecular weight is 330 g/mol. The summed E-state index contributed by atoms with van der Waals surface area (Å²) in [7, 11) is -3.49. The first-order chi connectivity index (χ1) is 10.0.